The van der Waals surface area contributed by atoms with E-state index < -0.39 is 6.10 Å². The van der Waals surface area contributed by atoms with Gasteiger partial charge in [-0.3, -0.25) is 0 Å². The van der Waals surface area contributed by atoms with Gasteiger partial charge in [-0.1, -0.05) is 49.1 Å². The first-order chi connectivity index (χ1) is 9.18. The maximum absolute atomic E-state index is 10.2. The van der Waals surface area contributed by atoms with Crippen LogP contribution in [0.3, 0.4) is 0 Å². The monoisotopic (exact) mass is 281 g/mol. The fourth-order valence-electron chi connectivity index (χ4n) is 2.95. The molecular formula is C16H24ClNO. The van der Waals surface area contributed by atoms with Crippen LogP contribution in [-0.4, -0.2) is 17.7 Å². The van der Waals surface area contributed by atoms with Crippen molar-refractivity contribution in [1.82, 2.24) is 5.32 Å². The number of rotatable bonds is 5. The number of halogens is 1. The highest BCUT2D eigenvalue weighted by Gasteiger charge is 2.20. The molecule has 1 aliphatic rings. The molecule has 2 nitrogen and oxygen atoms in total. The van der Waals surface area contributed by atoms with Crippen LogP contribution in [0.5, 0.6) is 0 Å². The molecule has 0 saturated heterocycles. The van der Waals surface area contributed by atoms with Crippen LogP contribution in [-0.2, 0) is 0 Å². The van der Waals surface area contributed by atoms with Crippen molar-refractivity contribution in [3.63, 3.8) is 0 Å². The number of nitrogens with one attached hydrogen (secondary N) is 1. The van der Waals surface area contributed by atoms with Crippen LogP contribution >= 0.6 is 11.6 Å². The average molecular weight is 282 g/mol. The molecule has 106 valence electrons. The SMILES string of the molecule is C[C@H](NCC(O)c1ccccc1Cl)C1CCCCC1. The van der Waals surface area contributed by atoms with Crippen molar-refractivity contribution < 1.29 is 5.11 Å². The maximum Gasteiger partial charge on any atom is 0.0928 e. The minimum atomic E-state index is -0.528. The third-order valence-corrected chi connectivity index (χ3v) is 4.60. The lowest BCUT2D eigenvalue weighted by Crippen LogP contribution is -2.37. The molecule has 1 unspecified atom stereocenters. The van der Waals surface area contributed by atoms with Gasteiger partial charge in [0.2, 0.25) is 0 Å². The van der Waals surface area contributed by atoms with Gasteiger partial charge in [-0.15, -0.1) is 0 Å². The van der Waals surface area contributed by atoms with Gasteiger partial charge in [-0.2, -0.15) is 0 Å². The van der Waals surface area contributed by atoms with Gasteiger partial charge in [0.25, 0.3) is 0 Å². The molecule has 0 spiro atoms. The molecule has 1 fully saturated rings. The van der Waals surface area contributed by atoms with Gasteiger partial charge in [-0.05, 0) is 31.7 Å². The number of aliphatic hydroxyl groups excluding tert-OH is 1. The molecule has 19 heavy (non-hydrogen) atoms. The van der Waals surface area contributed by atoms with Crippen molar-refractivity contribution in [1.29, 1.82) is 0 Å². The normalized spacial score (nSPS) is 20.2. The number of hydrogen-bond donors (Lipinski definition) is 2. The van der Waals surface area contributed by atoms with Gasteiger partial charge in [-0.25, -0.2) is 0 Å². The Morgan fingerprint density at radius 2 is 1.95 bits per heavy atom. The second-order valence-electron chi connectivity index (χ2n) is 5.63. The summed E-state index contributed by atoms with van der Waals surface area (Å²) in [4.78, 5) is 0. The lowest BCUT2D eigenvalue weighted by atomic mass is 9.84. The lowest BCUT2D eigenvalue weighted by Gasteiger charge is -2.29. The Morgan fingerprint density at radius 3 is 2.63 bits per heavy atom. The maximum atomic E-state index is 10.2. The van der Waals surface area contributed by atoms with Gasteiger partial charge < -0.3 is 10.4 Å². The van der Waals surface area contributed by atoms with E-state index in [0.29, 0.717) is 17.6 Å². The van der Waals surface area contributed by atoms with Gasteiger partial charge in [0.15, 0.2) is 0 Å². The first-order valence-corrected chi connectivity index (χ1v) is 7.72. The van der Waals surface area contributed by atoms with E-state index in [2.05, 4.69) is 12.2 Å². The standard InChI is InChI=1S/C16H24ClNO/c1-12(13-7-3-2-4-8-13)18-11-16(19)14-9-5-6-10-15(14)17/h5-6,9-10,12-13,16,18-19H,2-4,7-8,11H2,1H3/t12-,16?/m0/s1. The van der Waals surface area contributed by atoms with Crippen LogP contribution in [0.4, 0.5) is 0 Å². The Bertz CT molecular complexity index is 390. The van der Waals surface area contributed by atoms with E-state index in [-0.39, 0.29) is 0 Å². The van der Waals surface area contributed by atoms with Crippen molar-refractivity contribution in [3.8, 4) is 0 Å². The Morgan fingerprint density at radius 1 is 1.26 bits per heavy atom. The zero-order chi connectivity index (χ0) is 13.7. The fourth-order valence-corrected chi connectivity index (χ4v) is 3.22. The molecule has 1 aromatic carbocycles. The third kappa shape index (κ3) is 4.20. The summed E-state index contributed by atoms with van der Waals surface area (Å²) in [5.74, 6) is 0.757. The fraction of sp³-hybridized carbons (Fsp3) is 0.625. The predicted octanol–water partition coefficient (Wildman–Crippen LogP) is 3.93. The number of benzene rings is 1. The Balaban J connectivity index is 1.82. The molecule has 0 heterocycles. The van der Waals surface area contributed by atoms with E-state index in [4.69, 9.17) is 11.6 Å². The molecule has 0 aliphatic heterocycles. The second-order valence-corrected chi connectivity index (χ2v) is 6.04. The van der Waals surface area contributed by atoms with Crippen molar-refractivity contribution >= 4 is 11.6 Å². The minimum absolute atomic E-state index is 0.470. The Hall–Kier alpha value is -0.570. The summed E-state index contributed by atoms with van der Waals surface area (Å²) in [7, 11) is 0. The van der Waals surface area contributed by atoms with E-state index in [1.54, 1.807) is 0 Å². The van der Waals surface area contributed by atoms with Crippen LogP contribution < -0.4 is 5.32 Å². The molecule has 2 N–H and O–H groups in total. The highest BCUT2D eigenvalue weighted by atomic mass is 35.5. The predicted molar refractivity (Wildman–Crippen MR) is 80.5 cm³/mol. The summed E-state index contributed by atoms with van der Waals surface area (Å²) in [5.41, 5.74) is 0.813. The largest absolute Gasteiger partial charge is 0.387 e. The topological polar surface area (TPSA) is 32.3 Å². The van der Waals surface area contributed by atoms with E-state index in [0.717, 1.165) is 11.5 Å². The zero-order valence-corrected chi connectivity index (χ0v) is 12.4. The summed E-state index contributed by atoms with van der Waals surface area (Å²) >= 11 is 6.10. The van der Waals surface area contributed by atoms with Gasteiger partial charge in [0.05, 0.1) is 6.10 Å². The highest BCUT2D eigenvalue weighted by molar-refractivity contribution is 6.31. The molecule has 2 atom stereocenters. The molecule has 3 heteroatoms. The molecule has 0 aromatic heterocycles. The Kier molecular flexibility index (Phi) is 5.68. The van der Waals surface area contributed by atoms with Crippen molar-refractivity contribution in [2.24, 2.45) is 5.92 Å². The summed E-state index contributed by atoms with van der Waals surface area (Å²) in [5, 5.41) is 14.3. The van der Waals surface area contributed by atoms with E-state index >= 15 is 0 Å². The molecule has 1 saturated carbocycles. The lowest BCUT2D eigenvalue weighted by molar-refractivity contribution is 0.161. The minimum Gasteiger partial charge on any atom is -0.387 e. The molecule has 1 aliphatic carbocycles. The van der Waals surface area contributed by atoms with Crippen molar-refractivity contribution in [2.75, 3.05) is 6.54 Å². The summed E-state index contributed by atoms with van der Waals surface area (Å²) < 4.78 is 0. The van der Waals surface area contributed by atoms with Crippen LogP contribution in [0.15, 0.2) is 24.3 Å². The van der Waals surface area contributed by atoms with Gasteiger partial charge in [0.1, 0.15) is 0 Å². The second kappa shape index (κ2) is 7.28. The first-order valence-electron chi connectivity index (χ1n) is 7.34. The van der Waals surface area contributed by atoms with E-state index in [1.807, 2.05) is 24.3 Å². The first kappa shape index (κ1) is 14.8. The van der Waals surface area contributed by atoms with Crippen LogP contribution in [0.25, 0.3) is 0 Å². The molecule has 0 radical (unpaired) electrons. The van der Waals surface area contributed by atoms with Crippen molar-refractivity contribution in [2.45, 2.75) is 51.2 Å². The highest BCUT2D eigenvalue weighted by Crippen LogP contribution is 2.27. The average Bonchev–Trinajstić information content (AvgIpc) is 2.46. The van der Waals surface area contributed by atoms with E-state index in [1.165, 1.54) is 32.1 Å². The third-order valence-electron chi connectivity index (χ3n) is 4.25. The molecule has 2 rings (SSSR count). The summed E-state index contributed by atoms with van der Waals surface area (Å²) in [6.07, 6.45) is 6.19. The van der Waals surface area contributed by atoms with Crippen LogP contribution in [0.2, 0.25) is 5.02 Å². The van der Waals surface area contributed by atoms with Crippen LogP contribution in [0, 0.1) is 5.92 Å². The van der Waals surface area contributed by atoms with Gasteiger partial charge in [0, 0.05) is 23.2 Å². The van der Waals surface area contributed by atoms with Gasteiger partial charge >= 0.3 is 0 Å². The summed E-state index contributed by atoms with van der Waals surface area (Å²) in [6, 6.07) is 7.98. The Labute approximate surface area is 121 Å². The van der Waals surface area contributed by atoms with Crippen LogP contribution in [0.1, 0.15) is 50.7 Å². The molecule has 1 aromatic rings. The quantitative estimate of drug-likeness (QED) is 0.857. The van der Waals surface area contributed by atoms with Crippen molar-refractivity contribution in [3.05, 3.63) is 34.9 Å². The zero-order valence-electron chi connectivity index (χ0n) is 11.6. The molecule has 0 amide bonds. The molecule has 0 bridgehead atoms. The molecular weight excluding hydrogens is 258 g/mol. The van der Waals surface area contributed by atoms with E-state index in [9.17, 15) is 5.11 Å². The number of aliphatic hydroxyl groups is 1. The number of hydrogen-bond acceptors (Lipinski definition) is 2. The summed E-state index contributed by atoms with van der Waals surface area (Å²) in [6.45, 7) is 2.80. The smallest absolute Gasteiger partial charge is 0.0928 e.